The predicted octanol–water partition coefficient (Wildman–Crippen LogP) is 2.87. The van der Waals surface area contributed by atoms with Gasteiger partial charge < -0.3 is 10.6 Å². The van der Waals surface area contributed by atoms with E-state index in [2.05, 4.69) is 36.1 Å². The number of hydrogen-bond acceptors (Lipinski definition) is 2. The Balaban J connectivity index is 1.96. The van der Waals surface area contributed by atoms with Gasteiger partial charge in [0, 0.05) is 12.6 Å². The third-order valence-electron chi connectivity index (χ3n) is 3.74. The molecule has 17 heavy (non-hydrogen) atoms. The fourth-order valence-electron chi connectivity index (χ4n) is 2.70. The van der Waals surface area contributed by atoms with Crippen LogP contribution in [0.15, 0.2) is 24.3 Å². The van der Waals surface area contributed by atoms with Crippen molar-refractivity contribution in [1.82, 2.24) is 4.90 Å². The molecule has 1 aliphatic rings. The van der Waals surface area contributed by atoms with Gasteiger partial charge in [-0.2, -0.15) is 0 Å². The SMILES string of the molecule is Cc1ccccc1C(N)CN1CCCCCC1. The largest absolute Gasteiger partial charge is 0.323 e. The van der Waals surface area contributed by atoms with Crippen LogP contribution < -0.4 is 5.73 Å². The Kier molecular flexibility index (Phi) is 4.57. The van der Waals surface area contributed by atoms with Crippen molar-refractivity contribution in [2.75, 3.05) is 19.6 Å². The minimum Gasteiger partial charge on any atom is -0.323 e. The summed E-state index contributed by atoms with van der Waals surface area (Å²) in [5.74, 6) is 0. The number of aryl methyl sites for hydroxylation is 1. The number of benzene rings is 1. The average Bonchev–Trinajstić information content (AvgIpc) is 2.58. The zero-order valence-corrected chi connectivity index (χ0v) is 10.9. The second kappa shape index (κ2) is 6.18. The molecule has 0 amide bonds. The Hall–Kier alpha value is -0.860. The summed E-state index contributed by atoms with van der Waals surface area (Å²) in [7, 11) is 0. The molecule has 2 heteroatoms. The van der Waals surface area contributed by atoms with Crippen LogP contribution in [0.25, 0.3) is 0 Å². The maximum Gasteiger partial charge on any atom is 0.0426 e. The van der Waals surface area contributed by atoms with Crippen LogP contribution >= 0.6 is 0 Å². The minimum atomic E-state index is 0.161. The topological polar surface area (TPSA) is 29.3 Å². The first-order valence-electron chi connectivity index (χ1n) is 6.81. The van der Waals surface area contributed by atoms with Crippen molar-refractivity contribution >= 4 is 0 Å². The van der Waals surface area contributed by atoms with Crippen molar-refractivity contribution in [2.24, 2.45) is 5.73 Å². The van der Waals surface area contributed by atoms with Gasteiger partial charge in [-0.3, -0.25) is 0 Å². The lowest BCUT2D eigenvalue weighted by Gasteiger charge is -2.24. The van der Waals surface area contributed by atoms with Crippen LogP contribution in [0.1, 0.15) is 42.9 Å². The molecule has 1 atom stereocenters. The highest BCUT2D eigenvalue weighted by molar-refractivity contribution is 5.28. The van der Waals surface area contributed by atoms with Crippen molar-refractivity contribution in [3.63, 3.8) is 0 Å². The van der Waals surface area contributed by atoms with Crippen molar-refractivity contribution in [2.45, 2.75) is 38.6 Å². The standard InChI is InChI=1S/C15H24N2/c1-13-8-4-5-9-14(13)15(16)12-17-10-6-2-3-7-11-17/h4-5,8-9,15H,2-3,6-7,10-12,16H2,1H3. The van der Waals surface area contributed by atoms with Gasteiger partial charge in [-0.15, -0.1) is 0 Å². The fourth-order valence-corrected chi connectivity index (χ4v) is 2.70. The predicted molar refractivity (Wildman–Crippen MR) is 73.0 cm³/mol. The summed E-state index contributed by atoms with van der Waals surface area (Å²) >= 11 is 0. The molecule has 2 N–H and O–H groups in total. The van der Waals surface area contributed by atoms with Crippen LogP contribution in [-0.2, 0) is 0 Å². The summed E-state index contributed by atoms with van der Waals surface area (Å²) in [4.78, 5) is 2.53. The van der Waals surface area contributed by atoms with Crippen LogP contribution in [0.4, 0.5) is 0 Å². The van der Waals surface area contributed by atoms with E-state index in [0.29, 0.717) is 0 Å². The summed E-state index contributed by atoms with van der Waals surface area (Å²) < 4.78 is 0. The normalized spacial score (nSPS) is 19.9. The van der Waals surface area contributed by atoms with Gasteiger partial charge in [-0.05, 0) is 44.0 Å². The van der Waals surface area contributed by atoms with E-state index >= 15 is 0 Å². The first-order chi connectivity index (χ1) is 8.27. The zero-order valence-electron chi connectivity index (χ0n) is 10.9. The highest BCUT2D eigenvalue weighted by Crippen LogP contribution is 2.18. The molecule has 2 nitrogen and oxygen atoms in total. The molecule has 1 aliphatic heterocycles. The van der Waals surface area contributed by atoms with Gasteiger partial charge in [0.1, 0.15) is 0 Å². The Morgan fingerprint density at radius 3 is 2.41 bits per heavy atom. The Bertz CT molecular complexity index is 341. The molecule has 0 aromatic heterocycles. The summed E-state index contributed by atoms with van der Waals surface area (Å²) in [6.07, 6.45) is 5.44. The van der Waals surface area contributed by atoms with E-state index in [0.717, 1.165) is 6.54 Å². The maximum atomic E-state index is 6.34. The molecule has 1 aromatic rings. The molecule has 0 bridgehead atoms. The monoisotopic (exact) mass is 232 g/mol. The molecule has 0 spiro atoms. The van der Waals surface area contributed by atoms with Gasteiger partial charge in [0.05, 0.1) is 0 Å². The van der Waals surface area contributed by atoms with Gasteiger partial charge in [0.15, 0.2) is 0 Å². The molecule has 1 aromatic carbocycles. The van der Waals surface area contributed by atoms with E-state index in [1.807, 2.05) is 0 Å². The molecule has 0 aliphatic carbocycles. The minimum absolute atomic E-state index is 0.161. The third-order valence-corrected chi connectivity index (χ3v) is 3.74. The van der Waals surface area contributed by atoms with Crippen molar-refractivity contribution in [3.05, 3.63) is 35.4 Å². The molecule has 1 fully saturated rings. The van der Waals surface area contributed by atoms with Crippen LogP contribution in [0.2, 0.25) is 0 Å². The first-order valence-corrected chi connectivity index (χ1v) is 6.81. The van der Waals surface area contributed by atoms with Crippen molar-refractivity contribution in [1.29, 1.82) is 0 Å². The lowest BCUT2D eigenvalue weighted by Crippen LogP contribution is -2.33. The number of hydrogen-bond donors (Lipinski definition) is 1. The zero-order chi connectivity index (χ0) is 12.1. The van der Waals surface area contributed by atoms with E-state index in [-0.39, 0.29) is 6.04 Å². The maximum absolute atomic E-state index is 6.34. The second-order valence-corrected chi connectivity index (χ2v) is 5.18. The van der Waals surface area contributed by atoms with E-state index in [4.69, 9.17) is 5.73 Å². The van der Waals surface area contributed by atoms with Crippen LogP contribution in [0.3, 0.4) is 0 Å². The molecule has 1 saturated heterocycles. The van der Waals surface area contributed by atoms with Crippen LogP contribution in [-0.4, -0.2) is 24.5 Å². The number of nitrogens with two attached hydrogens (primary N) is 1. The van der Waals surface area contributed by atoms with Gasteiger partial charge in [-0.25, -0.2) is 0 Å². The summed E-state index contributed by atoms with van der Waals surface area (Å²) in [6, 6.07) is 8.65. The number of nitrogens with zero attached hydrogens (tertiary/aromatic N) is 1. The average molecular weight is 232 g/mol. The quantitative estimate of drug-likeness (QED) is 0.868. The second-order valence-electron chi connectivity index (χ2n) is 5.18. The van der Waals surface area contributed by atoms with Crippen LogP contribution in [0, 0.1) is 6.92 Å². The lowest BCUT2D eigenvalue weighted by molar-refractivity contribution is 0.267. The summed E-state index contributed by atoms with van der Waals surface area (Å²) in [5.41, 5.74) is 8.95. The molecule has 94 valence electrons. The van der Waals surface area contributed by atoms with Gasteiger partial charge in [-0.1, -0.05) is 37.1 Å². The third kappa shape index (κ3) is 3.55. The number of rotatable bonds is 3. The van der Waals surface area contributed by atoms with Gasteiger partial charge >= 0.3 is 0 Å². The highest BCUT2D eigenvalue weighted by Gasteiger charge is 2.15. The first kappa shape index (κ1) is 12.6. The van der Waals surface area contributed by atoms with E-state index < -0.39 is 0 Å². The molecular formula is C15H24N2. The lowest BCUT2D eigenvalue weighted by atomic mass is 10.0. The van der Waals surface area contributed by atoms with E-state index in [1.54, 1.807) is 0 Å². The highest BCUT2D eigenvalue weighted by atomic mass is 15.1. The van der Waals surface area contributed by atoms with Crippen molar-refractivity contribution in [3.8, 4) is 0 Å². The smallest absolute Gasteiger partial charge is 0.0426 e. The fraction of sp³-hybridized carbons (Fsp3) is 0.600. The number of likely N-dealkylation sites (tertiary alicyclic amines) is 1. The molecule has 0 radical (unpaired) electrons. The van der Waals surface area contributed by atoms with Gasteiger partial charge in [0.25, 0.3) is 0 Å². The Labute approximate surface area is 105 Å². The van der Waals surface area contributed by atoms with Crippen molar-refractivity contribution < 1.29 is 0 Å². The molecule has 1 heterocycles. The summed E-state index contributed by atoms with van der Waals surface area (Å²) in [5, 5.41) is 0. The summed E-state index contributed by atoms with van der Waals surface area (Å²) in [6.45, 7) is 5.60. The van der Waals surface area contributed by atoms with E-state index in [9.17, 15) is 0 Å². The molecule has 1 unspecified atom stereocenters. The molecular weight excluding hydrogens is 208 g/mol. The van der Waals surface area contributed by atoms with Gasteiger partial charge in [0.2, 0.25) is 0 Å². The Morgan fingerprint density at radius 1 is 1.12 bits per heavy atom. The Morgan fingerprint density at radius 2 is 1.76 bits per heavy atom. The molecule has 2 rings (SSSR count). The van der Waals surface area contributed by atoms with E-state index in [1.165, 1.54) is 49.9 Å². The van der Waals surface area contributed by atoms with Crippen LogP contribution in [0.5, 0.6) is 0 Å². The molecule has 0 saturated carbocycles.